The molecule has 0 radical (unpaired) electrons. The molecule has 25 heavy (non-hydrogen) atoms. The molecule has 0 bridgehead atoms. The molecule has 2 fully saturated rings. The first-order valence-electron chi connectivity index (χ1n) is 8.21. The molecule has 0 spiro atoms. The third-order valence-corrected chi connectivity index (χ3v) is 6.50. The van der Waals surface area contributed by atoms with Crippen molar-refractivity contribution in [2.45, 2.75) is 18.1 Å². The van der Waals surface area contributed by atoms with Crippen LogP contribution in [0, 0.1) is 5.92 Å². The van der Waals surface area contributed by atoms with Crippen molar-refractivity contribution in [1.29, 1.82) is 0 Å². The fourth-order valence-electron chi connectivity index (χ4n) is 3.44. The number of nitrogens with zero attached hydrogens (tertiary/aromatic N) is 2. The minimum absolute atomic E-state index is 0.106. The van der Waals surface area contributed by atoms with Crippen molar-refractivity contribution in [2.24, 2.45) is 5.92 Å². The number of benzene rings is 1. The molecule has 2 amide bonds. The lowest BCUT2D eigenvalue weighted by molar-refractivity contribution is -0.134. The largest absolute Gasteiger partial charge is 0.497 e. The van der Waals surface area contributed by atoms with E-state index in [1.807, 2.05) is 6.07 Å². The van der Waals surface area contributed by atoms with Crippen LogP contribution in [-0.4, -0.2) is 63.4 Å². The summed E-state index contributed by atoms with van der Waals surface area (Å²) in [6.45, 7) is 0.965. The Labute approximate surface area is 147 Å². The summed E-state index contributed by atoms with van der Waals surface area (Å²) in [5, 5.41) is -0.497. The van der Waals surface area contributed by atoms with Crippen molar-refractivity contribution in [2.75, 3.05) is 37.9 Å². The summed E-state index contributed by atoms with van der Waals surface area (Å²) in [7, 11) is -1.59. The van der Waals surface area contributed by atoms with Gasteiger partial charge in [-0.05, 0) is 18.6 Å². The van der Waals surface area contributed by atoms with Crippen molar-refractivity contribution in [3.8, 4) is 5.75 Å². The van der Waals surface area contributed by atoms with Crippen molar-refractivity contribution >= 4 is 27.3 Å². The molecule has 1 aromatic rings. The number of carbonyl (C=O) groups is 2. The highest BCUT2D eigenvalue weighted by Crippen LogP contribution is 2.30. The van der Waals surface area contributed by atoms with Gasteiger partial charge in [0.05, 0.1) is 18.3 Å². The van der Waals surface area contributed by atoms with E-state index in [0.29, 0.717) is 30.9 Å². The number of anilines is 1. The number of methoxy groups -OCH3 is 1. The lowest BCUT2D eigenvalue weighted by atomic mass is 10.1. The van der Waals surface area contributed by atoms with E-state index < -0.39 is 21.0 Å². The molecule has 3 rings (SSSR count). The van der Waals surface area contributed by atoms with Crippen LogP contribution >= 0.6 is 0 Å². The van der Waals surface area contributed by atoms with E-state index in [9.17, 15) is 18.0 Å². The lowest BCUT2D eigenvalue weighted by Gasteiger charge is -2.21. The second kappa shape index (κ2) is 6.67. The average Bonchev–Trinajstić information content (AvgIpc) is 3.21. The number of likely N-dealkylation sites (tertiary alicyclic amines) is 1. The average molecular weight is 366 g/mol. The van der Waals surface area contributed by atoms with Crippen LogP contribution in [0.1, 0.15) is 12.8 Å². The van der Waals surface area contributed by atoms with E-state index in [4.69, 9.17) is 4.74 Å². The summed E-state index contributed by atoms with van der Waals surface area (Å²) in [6.07, 6.45) is 1.82. The molecule has 0 N–H and O–H groups in total. The summed E-state index contributed by atoms with van der Waals surface area (Å²) < 4.78 is 28.5. The molecule has 0 aliphatic carbocycles. The number of hydrogen-bond acceptors (Lipinski definition) is 5. The van der Waals surface area contributed by atoms with Crippen molar-refractivity contribution in [3.05, 3.63) is 24.3 Å². The van der Waals surface area contributed by atoms with Gasteiger partial charge in [0.2, 0.25) is 11.8 Å². The van der Waals surface area contributed by atoms with Crippen molar-refractivity contribution in [1.82, 2.24) is 4.90 Å². The van der Waals surface area contributed by atoms with Crippen LogP contribution in [-0.2, 0) is 19.4 Å². The predicted molar refractivity (Wildman–Crippen MR) is 93.3 cm³/mol. The maximum Gasteiger partial charge on any atom is 0.228 e. The van der Waals surface area contributed by atoms with Crippen LogP contribution in [0.4, 0.5) is 5.69 Å². The highest BCUT2D eigenvalue weighted by Gasteiger charge is 2.40. The second-order valence-electron chi connectivity index (χ2n) is 6.63. The topological polar surface area (TPSA) is 84.0 Å². The summed E-state index contributed by atoms with van der Waals surface area (Å²) in [6, 6.07) is 7.17. The number of rotatable bonds is 4. The highest BCUT2D eigenvalue weighted by atomic mass is 32.2. The van der Waals surface area contributed by atoms with Gasteiger partial charge in [0.25, 0.3) is 0 Å². The Balaban J connectivity index is 1.69. The summed E-state index contributed by atoms with van der Waals surface area (Å²) >= 11 is 0. The predicted octanol–water partition coefficient (Wildman–Crippen LogP) is 0.694. The molecule has 2 atom stereocenters. The summed E-state index contributed by atoms with van der Waals surface area (Å²) in [5.41, 5.74) is 0.704. The van der Waals surface area contributed by atoms with Crippen LogP contribution in [0.3, 0.4) is 0 Å². The van der Waals surface area contributed by atoms with Gasteiger partial charge in [0.15, 0.2) is 9.84 Å². The molecule has 2 aliphatic rings. The molecule has 0 aromatic heterocycles. The maximum atomic E-state index is 12.7. The number of ether oxygens (including phenoxy) is 1. The number of carbonyl (C=O) groups excluding carboxylic acids is 2. The van der Waals surface area contributed by atoms with Crippen molar-refractivity contribution in [3.63, 3.8) is 0 Å². The molecule has 2 heterocycles. The van der Waals surface area contributed by atoms with Gasteiger partial charge in [0.1, 0.15) is 5.75 Å². The van der Waals surface area contributed by atoms with E-state index in [2.05, 4.69) is 0 Å². The van der Waals surface area contributed by atoms with Gasteiger partial charge in [-0.15, -0.1) is 0 Å². The zero-order valence-corrected chi connectivity index (χ0v) is 15.2. The van der Waals surface area contributed by atoms with E-state index in [0.717, 1.165) is 0 Å². The van der Waals surface area contributed by atoms with Gasteiger partial charge in [-0.1, -0.05) is 6.07 Å². The van der Waals surface area contributed by atoms with Crippen LogP contribution in [0.5, 0.6) is 5.75 Å². The SMILES string of the molecule is COc1cccc(N2CC(C(=O)N3CCC(S(C)(=O)=O)C3)CC2=O)c1. The third-order valence-electron chi connectivity index (χ3n) is 4.90. The normalized spacial score (nSPS) is 24.0. The monoisotopic (exact) mass is 366 g/mol. The maximum absolute atomic E-state index is 12.7. The van der Waals surface area contributed by atoms with Crippen LogP contribution < -0.4 is 9.64 Å². The quantitative estimate of drug-likeness (QED) is 0.783. The zero-order chi connectivity index (χ0) is 18.2. The second-order valence-corrected chi connectivity index (χ2v) is 8.96. The Kier molecular flexibility index (Phi) is 4.73. The zero-order valence-electron chi connectivity index (χ0n) is 14.3. The Bertz CT molecular complexity index is 792. The van der Waals surface area contributed by atoms with Gasteiger partial charge >= 0.3 is 0 Å². The van der Waals surface area contributed by atoms with Crippen molar-refractivity contribution < 1.29 is 22.7 Å². The first-order valence-corrected chi connectivity index (χ1v) is 10.2. The Hall–Kier alpha value is -2.09. The first kappa shape index (κ1) is 17.7. The molecule has 8 heteroatoms. The van der Waals surface area contributed by atoms with E-state index in [1.54, 1.807) is 35.1 Å². The standard InChI is InChI=1S/C17H22N2O5S/c1-24-14-5-3-4-13(9-14)19-10-12(8-16(19)20)17(21)18-7-6-15(11-18)25(2,22)23/h3-5,9,12,15H,6-8,10-11H2,1-2H3. The highest BCUT2D eigenvalue weighted by molar-refractivity contribution is 7.91. The smallest absolute Gasteiger partial charge is 0.228 e. The third kappa shape index (κ3) is 3.63. The Morgan fingerprint density at radius 1 is 1.28 bits per heavy atom. The Morgan fingerprint density at radius 2 is 2.04 bits per heavy atom. The summed E-state index contributed by atoms with van der Waals surface area (Å²) in [5.74, 6) is -0.0250. The minimum Gasteiger partial charge on any atom is -0.497 e. The lowest BCUT2D eigenvalue weighted by Crippen LogP contribution is -2.37. The minimum atomic E-state index is -3.15. The molecule has 2 aliphatic heterocycles. The number of sulfone groups is 1. The van der Waals surface area contributed by atoms with Gasteiger partial charge in [-0.3, -0.25) is 9.59 Å². The molecular weight excluding hydrogens is 344 g/mol. The molecule has 0 saturated carbocycles. The van der Waals surface area contributed by atoms with Gasteiger partial charge < -0.3 is 14.5 Å². The van der Waals surface area contributed by atoms with Crippen LogP contribution in [0.2, 0.25) is 0 Å². The fraction of sp³-hybridized carbons (Fsp3) is 0.529. The summed E-state index contributed by atoms with van der Waals surface area (Å²) in [4.78, 5) is 28.2. The molecule has 2 saturated heterocycles. The van der Waals surface area contributed by atoms with E-state index in [-0.39, 0.29) is 24.8 Å². The van der Waals surface area contributed by atoms with Gasteiger partial charge in [-0.2, -0.15) is 0 Å². The van der Waals surface area contributed by atoms with E-state index in [1.165, 1.54) is 6.26 Å². The van der Waals surface area contributed by atoms with Gasteiger partial charge in [-0.25, -0.2) is 8.42 Å². The molecule has 136 valence electrons. The fourth-order valence-corrected chi connectivity index (χ4v) is 4.42. The van der Waals surface area contributed by atoms with Crippen LogP contribution in [0.15, 0.2) is 24.3 Å². The Morgan fingerprint density at radius 3 is 2.68 bits per heavy atom. The first-order chi connectivity index (χ1) is 11.8. The van der Waals surface area contributed by atoms with E-state index >= 15 is 0 Å². The molecular formula is C17H22N2O5S. The van der Waals surface area contributed by atoms with Gasteiger partial charge in [0, 0.05) is 44.1 Å². The molecule has 2 unspecified atom stereocenters. The molecule has 1 aromatic carbocycles. The number of hydrogen-bond donors (Lipinski definition) is 0. The van der Waals surface area contributed by atoms with Crippen LogP contribution in [0.25, 0.3) is 0 Å². The molecule has 7 nitrogen and oxygen atoms in total. The number of amides is 2.